The van der Waals surface area contributed by atoms with Crippen molar-refractivity contribution in [2.45, 2.75) is 4.83 Å². The lowest BCUT2D eigenvalue weighted by molar-refractivity contribution is 0.0839. The first-order valence-electron chi connectivity index (χ1n) is 3.57. The Morgan fingerprint density at radius 3 is 2.79 bits per heavy atom. The molecule has 3 nitrogen and oxygen atoms in total. The molecular formula is C7H7BrF2N2OS. The lowest BCUT2D eigenvalue weighted by Gasteiger charge is -2.08. The monoisotopic (exact) mass is 284 g/mol. The van der Waals surface area contributed by atoms with Gasteiger partial charge in [-0.3, -0.25) is 4.79 Å². The predicted octanol–water partition coefficient (Wildman–Crippen LogP) is 2.05. The van der Waals surface area contributed by atoms with E-state index in [1.54, 1.807) is 5.38 Å². The van der Waals surface area contributed by atoms with Crippen LogP contribution in [0.5, 0.6) is 0 Å². The molecule has 0 aromatic carbocycles. The van der Waals surface area contributed by atoms with Crippen molar-refractivity contribution in [2.75, 3.05) is 12.3 Å². The third kappa shape index (κ3) is 3.59. The average Bonchev–Trinajstić information content (AvgIpc) is 2.46. The molecule has 14 heavy (non-hydrogen) atoms. The van der Waals surface area contributed by atoms with Gasteiger partial charge in [0.25, 0.3) is 5.91 Å². The number of nitrogens with two attached hydrogens (primary N) is 1. The summed E-state index contributed by atoms with van der Waals surface area (Å²) < 4.78 is 24.6. The molecule has 78 valence electrons. The van der Waals surface area contributed by atoms with E-state index in [1.165, 1.54) is 6.07 Å². The third-order valence-electron chi connectivity index (χ3n) is 1.29. The largest absolute Gasteiger partial charge is 0.398 e. The molecule has 0 aliphatic carbocycles. The fraction of sp³-hybridized carbons (Fsp3) is 0.286. The molecule has 1 aromatic rings. The van der Waals surface area contributed by atoms with E-state index in [0.717, 1.165) is 11.3 Å². The Morgan fingerprint density at radius 2 is 2.36 bits per heavy atom. The molecule has 0 unspecified atom stereocenters. The lowest BCUT2D eigenvalue weighted by Crippen LogP contribution is -2.32. The van der Waals surface area contributed by atoms with Crippen LogP contribution < -0.4 is 11.1 Å². The smallest absolute Gasteiger partial charge is 0.318 e. The second-order valence-corrected chi connectivity index (χ2v) is 4.61. The highest BCUT2D eigenvalue weighted by atomic mass is 79.9. The first-order chi connectivity index (χ1) is 6.38. The molecule has 0 bridgehead atoms. The van der Waals surface area contributed by atoms with Gasteiger partial charge in [0.15, 0.2) is 0 Å². The van der Waals surface area contributed by atoms with Crippen LogP contribution in [-0.2, 0) is 0 Å². The Kier molecular flexibility index (Phi) is 3.43. The fourth-order valence-electron chi connectivity index (χ4n) is 0.738. The van der Waals surface area contributed by atoms with Crippen molar-refractivity contribution >= 4 is 38.9 Å². The summed E-state index contributed by atoms with van der Waals surface area (Å²) in [7, 11) is 0. The second kappa shape index (κ2) is 4.22. The van der Waals surface area contributed by atoms with E-state index in [9.17, 15) is 13.6 Å². The standard InChI is InChI=1S/C7H7BrF2N2OS/c8-7(9,10)3-12-6(13)5-1-4(11)2-14-5/h1-2H,3,11H2,(H,12,13). The van der Waals surface area contributed by atoms with E-state index in [2.05, 4.69) is 21.2 Å². The number of hydrogen-bond acceptors (Lipinski definition) is 3. The van der Waals surface area contributed by atoms with Crippen molar-refractivity contribution < 1.29 is 13.6 Å². The molecule has 0 saturated heterocycles. The topological polar surface area (TPSA) is 55.1 Å². The number of thiophene rings is 1. The van der Waals surface area contributed by atoms with Gasteiger partial charge in [-0.05, 0) is 22.0 Å². The molecule has 1 aromatic heterocycles. The van der Waals surface area contributed by atoms with Crippen LogP contribution in [-0.4, -0.2) is 17.3 Å². The van der Waals surface area contributed by atoms with Gasteiger partial charge in [-0.15, -0.1) is 11.3 Å². The number of carbonyl (C=O) groups excluding carboxylic acids is 1. The lowest BCUT2D eigenvalue weighted by atomic mass is 10.4. The van der Waals surface area contributed by atoms with Gasteiger partial charge in [-0.2, -0.15) is 8.78 Å². The number of carbonyl (C=O) groups is 1. The Morgan fingerprint density at radius 1 is 1.71 bits per heavy atom. The number of amides is 1. The van der Waals surface area contributed by atoms with Crippen molar-refractivity contribution in [3.63, 3.8) is 0 Å². The first-order valence-corrected chi connectivity index (χ1v) is 5.25. The Balaban J connectivity index is 2.52. The predicted molar refractivity (Wildman–Crippen MR) is 54.9 cm³/mol. The van der Waals surface area contributed by atoms with Gasteiger partial charge in [0.1, 0.15) is 0 Å². The normalized spacial score (nSPS) is 11.4. The molecule has 0 saturated carbocycles. The summed E-state index contributed by atoms with van der Waals surface area (Å²) in [6.45, 7) is -0.746. The molecule has 3 N–H and O–H groups in total. The van der Waals surface area contributed by atoms with Gasteiger partial charge in [-0.1, -0.05) is 0 Å². The zero-order valence-corrected chi connectivity index (χ0v) is 9.29. The SMILES string of the molecule is Nc1csc(C(=O)NCC(F)(F)Br)c1. The maximum atomic E-state index is 12.3. The average molecular weight is 285 g/mol. The molecule has 0 radical (unpaired) electrons. The summed E-state index contributed by atoms with van der Waals surface area (Å²) in [5.41, 5.74) is 5.82. The number of halogens is 3. The number of nitrogen functional groups attached to an aromatic ring is 1. The highest BCUT2D eigenvalue weighted by molar-refractivity contribution is 9.10. The van der Waals surface area contributed by atoms with Gasteiger partial charge in [0.2, 0.25) is 0 Å². The Bertz CT molecular complexity index is 337. The van der Waals surface area contributed by atoms with Gasteiger partial charge < -0.3 is 11.1 Å². The summed E-state index contributed by atoms with van der Waals surface area (Å²) in [4.78, 5) is 8.44. The number of alkyl halides is 3. The fourth-order valence-corrected chi connectivity index (χ4v) is 1.59. The minimum absolute atomic E-state index is 0.319. The Labute approximate surface area is 91.4 Å². The molecule has 0 fully saturated rings. The minimum Gasteiger partial charge on any atom is -0.398 e. The van der Waals surface area contributed by atoms with Crippen molar-refractivity contribution in [3.05, 3.63) is 16.3 Å². The number of hydrogen-bond donors (Lipinski definition) is 2. The van der Waals surface area contributed by atoms with E-state index in [4.69, 9.17) is 5.73 Å². The molecule has 1 heterocycles. The number of nitrogens with one attached hydrogen (secondary N) is 1. The minimum atomic E-state index is -3.08. The van der Waals surface area contributed by atoms with Crippen molar-refractivity contribution in [2.24, 2.45) is 0 Å². The number of anilines is 1. The van der Waals surface area contributed by atoms with Gasteiger partial charge >= 0.3 is 4.83 Å². The summed E-state index contributed by atoms with van der Waals surface area (Å²) in [5, 5.41) is 3.64. The van der Waals surface area contributed by atoms with E-state index in [1.807, 2.05) is 0 Å². The summed E-state index contributed by atoms with van der Waals surface area (Å²) >= 11 is 3.23. The summed E-state index contributed by atoms with van der Waals surface area (Å²) in [5.74, 6) is -0.550. The molecule has 0 aliphatic rings. The van der Waals surface area contributed by atoms with E-state index in [-0.39, 0.29) is 0 Å². The molecule has 0 aliphatic heterocycles. The molecule has 1 amide bonds. The van der Waals surface area contributed by atoms with Crippen LogP contribution >= 0.6 is 27.3 Å². The third-order valence-corrected chi connectivity index (χ3v) is 2.52. The zero-order chi connectivity index (χ0) is 10.8. The van der Waals surface area contributed by atoms with Gasteiger partial charge in [-0.25, -0.2) is 0 Å². The van der Waals surface area contributed by atoms with Gasteiger partial charge in [0, 0.05) is 11.1 Å². The summed E-state index contributed by atoms with van der Waals surface area (Å²) in [6, 6.07) is 1.44. The van der Waals surface area contributed by atoms with E-state index in [0.29, 0.717) is 10.6 Å². The van der Waals surface area contributed by atoms with Crippen molar-refractivity contribution in [1.82, 2.24) is 5.32 Å². The van der Waals surface area contributed by atoms with Crippen LogP contribution in [0.4, 0.5) is 14.5 Å². The van der Waals surface area contributed by atoms with Crippen molar-refractivity contribution in [1.29, 1.82) is 0 Å². The molecule has 0 spiro atoms. The van der Waals surface area contributed by atoms with Crippen LogP contribution in [0.3, 0.4) is 0 Å². The van der Waals surface area contributed by atoms with Gasteiger partial charge in [0.05, 0.1) is 11.4 Å². The highest BCUT2D eigenvalue weighted by Crippen LogP contribution is 2.21. The molecular weight excluding hydrogens is 278 g/mol. The van der Waals surface area contributed by atoms with Crippen LogP contribution in [0.1, 0.15) is 9.67 Å². The molecule has 0 atom stereocenters. The van der Waals surface area contributed by atoms with Crippen molar-refractivity contribution in [3.8, 4) is 0 Å². The van der Waals surface area contributed by atoms with Crippen LogP contribution in [0, 0.1) is 0 Å². The molecule has 7 heteroatoms. The van der Waals surface area contributed by atoms with Crippen LogP contribution in [0.15, 0.2) is 11.4 Å². The molecule has 1 rings (SSSR count). The second-order valence-electron chi connectivity index (χ2n) is 2.54. The quantitative estimate of drug-likeness (QED) is 0.835. The zero-order valence-electron chi connectivity index (χ0n) is 6.89. The van der Waals surface area contributed by atoms with E-state index < -0.39 is 17.3 Å². The maximum absolute atomic E-state index is 12.3. The number of rotatable bonds is 3. The first kappa shape index (κ1) is 11.4. The van der Waals surface area contributed by atoms with E-state index >= 15 is 0 Å². The maximum Gasteiger partial charge on any atom is 0.318 e. The van der Waals surface area contributed by atoms with Crippen LogP contribution in [0.25, 0.3) is 0 Å². The van der Waals surface area contributed by atoms with Crippen LogP contribution in [0.2, 0.25) is 0 Å². The highest BCUT2D eigenvalue weighted by Gasteiger charge is 2.24. The Hall–Kier alpha value is -0.690. The summed E-state index contributed by atoms with van der Waals surface area (Å²) in [6.07, 6.45) is 0.